The van der Waals surface area contributed by atoms with Gasteiger partial charge in [-0.1, -0.05) is 35.8 Å². The molecule has 0 saturated carbocycles. The van der Waals surface area contributed by atoms with Gasteiger partial charge in [0.05, 0.1) is 18.8 Å². The molecule has 6 heteroatoms. The molecule has 1 unspecified atom stereocenters. The van der Waals surface area contributed by atoms with Crippen LogP contribution in [0, 0.1) is 13.8 Å². The Morgan fingerprint density at radius 1 is 1.30 bits per heavy atom. The molecule has 0 spiro atoms. The first kappa shape index (κ1) is 19.4. The Morgan fingerprint density at radius 3 is 2.85 bits per heavy atom. The minimum atomic E-state index is 0.0557. The van der Waals surface area contributed by atoms with Crippen molar-refractivity contribution in [2.75, 3.05) is 26.2 Å². The topological polar surface area (TPSA) is 62.9 Å². The summed E-state index contributed by atoms with van der Waals surface area (Å²) in [5.41, 5.74) is 4.77. The lowest BCUT2D eigenvalue weighted by atomic mass is 10.00. The van der Waals surface area contributed by atoms with E-state index in [1.54, 1.807) is 0 Å². The van der Waals surface area contributed by atoms with Crippen LogP contribution in [0.5, 0.6) is 0 Å². The zero-order valence-electron chi connectivity index (χ0n) is 16.8. The molecule has 3 rings (SSSR count). The molecule has 2 heterocycles. The van der Waals surface area contributed by atoms with Gasteiger partial charge >= 0.3 is 0 Å². The highest BCUT2D eigenvalue weighted by atomic mass is 16.5. The second-order valence-corrected chi connectivity index (χ2v) is 6.97. The monoisotopic (exact) mass is 370 g/mol. The van der Waals surface area contributed by atoms with Crippen LogP contribution >= 0.6 is 0 Å². The summed E-state index contributed by atoms with van der Waals surface area (Å²) < 4.78 is 11.4. The quantitative estimate of drug-likeness (QED) is 0.646. The molecule has 1 aliphatic heterocycles. The molecule has 1 saturated heterocycles. The summed E-state index contributed by atoms with van der Waals surface area (Å²) in [6.07, 6.45) is 0.925. The van der Waals surface area contributed by atoms with Gasteiger partial charge in [-0.3, -0.25) is 0 Å². The summed E-state index contributed by atoms with van der Waals surface area (Å²) >= 11 is 0. The maximum Gasteiger partial charge on any atom is 0.194 e. The number of aromatic nitrogens is 1. The second kappa shape index (κ2) is 9.04. The molecule has 6 nitrogen and oxygen atoms in total. The van der Waals surface area contributed by atoms with E-state index in [4.69, 9.17) is 14.3 Å². The van der Waals surface area contributed by atoms with Gasteiger partial charge in [0.1, 0.15) is 12.6 Å². The van der Waals surface area contributed by atoms with Crippen molar-refractivity contribution in [2.45, 2.75) is 46.8 Å². The number of guanidine groups is 1. The number of rotatable bonds is 5. The second-order valence-electron chi connectivity index (χ2n) is 6.97. The molecule has 1 aromatic carbocycles. The summed E-state index contributed by atoms with van der Waals surface area (Å²) in [7, 11) is 0. The van der Waals surface area contributed by atoms with Crippen LogP contribution in [0.1, 0.15) is 48.1 Å². The van der Waals surface area contributed by atoms with Crippen LogP contribution in [-0.4, -0.2) is 42.3 Å². The molecule has 0 amide bonds. The van der Waals surface area contributed by atoms with Crippen molar-refractivity contribution in [3.8, 4) is 0 Å². The number of ether oxygens (including phenoxy) is 1. The van der Waals surface area contributed by atoms with E-state index in [-0.39, 0.29) is 6.10 Å². The van der Waals surface area contributed by atoms with E-state index < -0.39 is 0 Å². The van der Waals surface area contributed by atoms with Gasteiger partial charge in [0.25, 0.3) is 0 Å². The minimum Gasteiger partial charge on any atom is -0.370 e. The highest BCUT2D eigenvalue weighted by Crippen LogP contribution is 2.26. The van der Waals surface area contributed by atoms with Crippen LogP contribution in [0.4, 0.5) is 0 Å². The first-order valence-corrected chi connectivity index (χ1v) is 9.77. The van der Waals surface area contributed by atoms with E-state index in [9.17, 15) is 0 Å². The fraction of sp³-hybridized carbons (Fsp3) is 0.524. The summed E-state index contributed by atoms with van der Waals surface area (Å²) in [4.78, 5) is 7.03. The third-order valence-electron chi connectivity index (χ3n) is 4.83. The van der Waals surface area contributed by atoms with Crippen LogP contribution in [-0.2, 0) is 17.7 Å². The highest BCUT2D eigenvalue weighted by Gasteiger charge is 2.25. The van der Waals surface area contributed by atoms with Crippen molar-refractivity contribution in [2.24, 2.45) is 4.99 Å². The van der Waals surface area contributed by atoms with Crippen molar-refractivity contribution in [3.05, 3.63) is 52.4 Å². The fourth-order valence-corrected chi connectivity index (χ4v) is 3.39. The van der Waals surface area contributed by atoms with Gasteiger partial charge in [-0.2, -0.15) is 0 Å². The molecule has 1 aromatic heterocycles. The predicted octanol–water partition coefficient (Wildman–Crippen LogP) is 3.39. The summed E-state index contributed by atoms with van der Waals surface area (Å²) in [6, 6.07) is 8.53. The van der Waals surface area contributed by atoms with Gasteiger partial charge in [0, 0.05) is 19.2 Å². The van der Waals surface area contributed by atoms with E-state index in [1.165, 1.54) is 16.7 Å². The van der Waals surface area contributed by atoms with Crippen molar-refractivity contribution < 1.29 is 9.26 Å². The first-order chi connectivity index (χ1) is 13.1. The Labute approximate surface area is 161 Å². The molecule has 0 aliphatic carbocycles. The molecule has 27 heavy (non-hydrogen) atoms. The van der Waals surface area contributed by atoms with Crippen LogP contribution in [0.3, 0.4) is 0 Å². The lowest BCUT2D eigenvalue weighted by Gasteiger charge is -2.35. The van der Waals surface area contributed by atoms with Crippen LogP contribution in [0.2, 0.25) is 0 Å². The number of morpholine rings is 1. The summed E-state index contributed by atoms with van der Waals surface area (Å²) in [5, 5.41) is 7.44. The largest absolute Gasteiger partial charge is 0.370 e. The Bertz CT molecular complexity index is 784. The zero-order valence-corrected chi connectivity index (χ0v) is 16.8. The fourth-order valence-electron chi connectivity index (χ4n) is 3.39. The lowest BCUT2D eigenvalue weighted by Crippen LogP contribution is -2.48. The van der Waals surface area contributed by atoms with E-state index in [0.29, 0.717) is 13.2 Å². The average molecular weight is 370 g/mol. The zero-order chi connectivity index (χ0) is 19.2. The summed E-state index contributed by atoms with van der Waals surface area (Å²) in [6.45, 7) is 12.0. The first-order valence-electron chi connectivity index (χ1n) is 9.77. The number of nitrogens with one attached hydrogen (secondary N) is 1. The van der Waals surface area contributed by atoms with E-state index in [1.807, 2.05) is 6.07 Å². The molecular formula is C21H30N4O2. The number of hydrogen-bond acceptors (Lipinski definition) is 4. The molecule has 0 bridgehead atoms. The van der Waals surface area contributed by atoms with Gasteiger partial charge in [-0.15, -0.1) is 0 Å². The van der Waals surface area contributed by atoms with Crippen molar-refractivity contribution in [1.29, 1.82) is 0 Å². The number of benzene rings is 1. The molecular weight excluding hydrogens is 340 g/mol. The molecule has 0 radical (unpaired) electrons. The minimum absolute atomic E-state index is 0.0557. The highest BCUT2D eigenvalue weighted by molar-refractivity contribution is 5.80. The van der Waals surface area contributed by atoms with E-state index in [0.717, 1.165) is 43.5 Å². The molecule has 1 N–H and O–H groups in total. The van der Waals surface area contributed by atoms with Gasteiger partial charge in [0.15, 0.2) is 11.7 Å². The average Bonchev–Trinajstić information content (AvgIpc) is 3.13. The molecule has 1 aliphatic rings. The van der Waals surface area contributed by atoms with E-state index >= 15 is 0 Å². The Morgan fingerprint density at radius 2 is 2.15 bits per heavy atom. The van der Waals surface area contributed by atoms with E-state index in [2.05, 4.69) is 61.3 Å². The van der Waals surface area contributed by atoms with Gasteiger partial charge in [0.2, 0.25) is 0 Å². The Kier molecular flexibility index (Phi) is 6.50. The number of aryl methyl sites for hydroxylation is 3. The summed E-state index contributed by atoms with van der Waals surface area (Å²) in [5.74, 6) is 1.69. The SMILES string of the molecule is CCNC(=NCc1cc(CC)no1)N1CCOC(c2ccc(C)cc2C)C1. The van der Waals surface area contributed by atoms with Crippen LogP contribution in [0.15, 0.2) is 33.8 Å². The smallest absolute Gasteiger partial charge is 0.194 e. The Balaban J connectivity index is 1.73. The standard InChI is InChI=1S/C21H30N4O2/c1-5-17-12-18(27-24-17)13-23-21(22-6-2)25-9-10-26-20(14-25)19-8-7-15(3)11-16(19)4/h7-8,11-12,20H,5-6,9-10,13-14H2,1-4H3,(H,22,23). The number of nitrogens with zero attached hydrogens (tertiary/aromatic N) is 3. The van der Waals surface area contributed by atoms with Crippen molar-refractivity contribution >= 4 is 5.96 Å². The van der Waals surface area contributed by atoms with Crippen LogP contribution in [0.25, 0.3) is 0 Å². The predicted molar refractivity (Wildman–Crippen MR) is 107 cm³/mol. The maximum atomic E-state index is 6.07. The lowest BCUT2D eigenvalue weighted by molar-refractivity contribution is -0.00835. The molecule has 146 valence electrons. The van der Waals surface area contributed by atoms with Crippen molar-refractivity contribution in [3.63, 3.8) is 0 Å². The number of aliphatic imine (C=N–C) groups is 1. The van der Waals surface area contributed by atoms with Crippen LogP contribution < -0.4 is 5.32 Å². The van der Waals surface area contributed by atoms with Crippen molar-refractivity contribution in [1.82, 2.24) is 15.4 Å². The van der Waals surface area contributed by atoms with Gasteiger partial charge in [-0.05, 0) is 38.3 Å². The Hall–Kier alpha value is -2.34. The third kappa shape index (κ3) is 4.89. The van der Waals surface area contributed by atoms with Gasteiger partial charge < -0.3 is 19.5 Å². The molecule has 1 atom stereocenters. The molecule has 2 aromatic rings. The number of hydrogen-bond donors (Lipinski definition) is 1. The normalized spacial score (nSPS) is 18.0. The molecule has 1 fully saturated rings. The third-order valence-corrected chi connectivity index (χ3v) is 4.83. The maximum absolute atomic E-state index is 6.07. The van der Waals surface area contributed by atoms with Gasteiger partial charge in [-0.25, -0.2) is 4.99 Å².